The Morgan fingerprint density at radius 3 is 2.52 bits per heavy atom. The van der Waals surface area contributed by atoms with Crippen LogP contribution in [0.5, 0.6) is 0 Å². The third-order valence-corrected chi connectivity index (χ3v) is 6.76. The summed E-state index contributed by atoms with van der Waals surface area (Å²) in [6, 6.07) is 11.0. The van der Waals surface area contributed by atoms with Crippen molar-refractivity contribution in [1.29, 1.82) is 0 Å². The first-order chi connectivity index (χ1) is 14.8. The summed E-state index contributed by atoms with van der Waals surface area (Å²) in [4.78, 5) is 7.39. The summed E-state index contributed by atoms with van der Waals surface area (Å²) in [7, 11) is 0. The molecule has 6 nitrogen and oxygen atoms in total. The molecule has 8 heteroatoms. The number of halogens is 1. The van der Waals surface area contributed by atoms with Crippen molar-refractivity contribution in [1.82, 2.24) is 19.7 Å². The highest BCUT2D eigenvalue weighted by molar-refractivity contribution is 14.0. The van der Waals surface area contributed by atoms with Crippen molar-refractivity contribution in [3.8, 4) is 0 Å². The molecule has 1 aromatic carbocycles. The van der Waals surface area contributed by atoms with E-state index in [1.807, 2.05) is 6.07 Å². The first kappa shape index (κ1) is 24.4. The molecular formula is C23H35IN6S. The zero-order valence-electron chi connectivity index (χ0n) is 18.5. The number of aliphatic imine (C=N–C) groups is 1. The highest BCUT2D eigenvalue weighted by Crippen LogP contribution is 2.33. The minimum atomic E-state index is 0. The number of anilines is 1. The number of thioether (sulfide) groups is 1. The zero-order chi connectivity index (χ0) is 20.6. The molecule has 2 fully saturated rings. The molecule has 2 heterocycles. The van der Waals surface area contributed by atoms with Crippen molar-refractivity contribution in [3.05, 3.63) is 36.2 Å². The number of aromatic nitrogens is 3. The van der Waals surface area contributed by atoms with E-state index in [0.717, 1.165) is 55.1 Å². The molecule has 1 aromatic heterocycles. The molecule has 1 saturated carbocycles. The number of hydrogen-bond acceptors (Lipinski definition) is 4. The second-order valence-electron chi connectivity index (χ2n) is 8.26. The van der Waals surface area contributed by atoms with Crippen LogP contribution in [0, 0.1) is 0 Å². The minimum absolute atomic E-state index is 0. The summed E-state index contributed by atoms with van der Waals surface area (Å²) in [6.45, 7) is 2.98. The number of para-hydroxylation sites is 1. The van der Waals surface area contributed by atoms with E-state index in [1.165, 1.54) is 44.9 Å². The molecule has 0 atom stereocenters. The molecule has 1 aliphatic heterocycles. The fourth-order valence-corrected chi connectivity index (χ4v) is 5.12. The summed E-state index contributed by atoms with van der Waals surface area (Å²) in [6.07, 6.45) is 13.0. The van der Waals surface area contributed by atoms with Gasteiger partial charge in [-0.25, -0.2) is 0 Å². The second kappa shape index (κ2) is 12.7. The Morgan fingerprint density at radius 1 is 1.06 bits per heavy atom. The van der Waals surface area contributed by atoms with Gasteiger partial charge >= 0.3 is 0 Å². The Labute approximate surface area is 207 Å². The monoisotopic (exact) mass is 554 g/mol. The van der Waals surface area contributed by atoms with Gasteiger partial charge in [0.2, 0.25) is 0 Å². The summed E-state index contributed by atoms with van der Waals surface area (Å²) < 4.78 is 2.41. The summed E-state index contributed by atoms with van der Waals surface area (Å²) in [5.41, 5.74) is 1.10. The maximum absolute atomic E-state index is 4.98. The number of guanidine groups is 1. The van der Waals surface area contributed by atoms with Gasteiger partial charge in [-0.1, -0.05) is 42.8 Å². The standard InChI is InChI=1S/C23H34N6S.HI/c1-30-23-27-26-21(29(23)20-13-6-7-14-20)15-10-16-24-22(28-17-8-3-9-18-28)25-19-11-4-2-5-12-19;/h2,4-5,11-12,20H,3,6-10,13-18H2,1H3,(H,24,25);1H. The van der Waals surface area contributed by atoms with E-state index in [2.05, 4.69) is 55.5 Å². The molecule has 1 aliphatic carbocycles. The number of nitrogens with zero attached hydrogens (tertiary/aromatic N) is 5. The molecule has 1 N–H and O–H groups in total. The number of aryl methyl sites for hydroxylation is 1. The molecule has 0 unspecified atom stereocenters. The average Bonchev–Trinajstić information content (AvgIpc) is 3.46. The third kappa shape index (κ3) is 6.60. The van der Waals surface area contributed by atoms with Gasteiger partial charge in [-0.15, -0.1) is 34.2 Å². The molecule has 1 saturated heterocycles. The van der Waals surface area contributed by atoms with E-state index >= 15 is 0 Å². The van der Waals surface area contributed by atoms with Crippen LogP contribution in [0.15, 0.2) is 40.5 Å². The Kier molecular flexibility index (Phi) is 9.95. The number of nitrogens with one attached hydrogen (secondary N) is 1. The van der Waals surface area contributed by atoms with Crippen molar-refractivity contribution in [2.45, 2.75) is 69.0 Å². The summed E-state index contributed by atoms with van der Waals surface area (Å²) in [5, 5.41) is 13.6. The fraction of sp³-hybridized carbons (Fsp3) is 0.609. The molecule has 0 amide bonds. The largest absolute Gasteiger partial charge is 0.343 e. The number of likely N-dealkylation sites (tertiary alicyclic amines) is 1. The van der Waals surface area contributed by atoms with Crippen LogP contribution in [0.25, 0.3) is 0 Å². The van der Waals surface area contributed by atoms with Crippen LogP contribution >= 0.6 is 35.7 Å². The van der Waals surface area contributed by atoms with Gasteiger partial charge < -0.3 is 14.8 Å². The second-order valence-corrected chi connectivity index (χ2v) is 9.03. The SMILES string of the molecule is CSc1nnc(CCCN=C(Nc2ccccc2)N2CCCCC2)n1C1CCCC1.I. The Bertz CT molecular complexity index is 813. The van der Waals surface area contributed by atoms with Crippen LogP contribution < -0.4 is 5.32 Å². The van der Waals surface area contributed by atoms with Crippen molar-refractivity contribution in [3.63, 3.8) is 0 Å². The molecule has 2 aliphatic rings. The average molecular weight is 555 g/mol. The van der Waals surface area contributed by atoms with Crippen LogP contribution in [0.1, 0.15) is 63.2 Å². The summed E-state index contributed by atoms with van der Waals surface area (Å²) >= 11 is 1.71. The minimum Gasteiger partial charge on any atom is -0.343 e. The van der Waals surface area contributed by atoms with Crippen molar-refractivity contribution in [2.75, 3.05) is 31.2 Å². The first-order valence-electron chi connectivity index (χ1n) is 11.4. The Balaban J connectivity index is 0.00000272. The van der Waals surface area contributed by atoms with Gasteiger partial charge in [-0.05, 0) is 56.9 Å². The first-order valence-corrected chi connectivity index (χ1v) is 12.7. The van der Waals surface area contributed by atoms with E-state index in [-0.39, 0.29) is 24.0 Å². The third-order valence-electron chi connectivity index (χ3n) is 6.11. The van der Waals surface area contributed by atoms with Gasteiger partial charge in [-0.2, -0.15) is 0 Å². The fourth-order valence-electron chi connectivity index (χ4n) is 4.54. The lowest BCUT2D eigenvalue weighted by atomic mass is 10.1. The molecular weight excluding hydrogens is 519 g/mol. The lowest BCUT2D eigenvalue weighted by Gasteiger charge is -2.30. The van der Waals surface area contributed by atoms with Gasteiger partial charge in [0.25, 0.3) is 0 Å². The molecule has 0 spiro atoms. The normalized spacial score (nSPS) is 17.6. The van der Waals surface area contributed by atoms with E-state index < -0.39 is 0 Å². The highest BCUT2D eigenvalue weighted by atomic mass is 127. The summed E-state index contributed by atoms with van der Waals surface area (Å²) in [5.74, 6) is 2.15. The molecule has 4 rings (SSSR count). The van der Waals surface area contributed by atoms with Crippen LogP contribution in [0.2, 0.25) is 0 Å². The lowest BCUT2D eigenvalue weighted by molar-refractivity contribution is 0.340. The maximum atomic E-state index is 4.98. The van der Waals surface area contributed by atoms with Gasteiger partial charge in [0.05, 0.1) is 0 Å². The van der Waals surface area contributed by atoms with Gasteiger partial charge in [0, 0.05) is 37.8 Å². The topological polar surface area (TPSA) is 58.3 Å². The number of hydrogen-bond donors (Lipinski definition) is 1. The lowest BCUT2D eigenvalue weighted by Crippen LogP contribution is -2.40. The smallest absolute Gasteiger partial charge is 0.198 e. The van der Waals surface area contributed by atoms with Gasteiger partial charge in [0.15, 0.2) is 11.1 Å². The van der Waals surface area contributed by atoms with Crippen LogP contribution in [-0.4, -0.2) is 51.5 Å². The predicted octanol–water partition coefficient (Wildman–Crippen LogP) is 5.62. The van der Waals surface area contributed by atoms with E-state index in [9.17, 15) is 0 Å². The van der Waals surface area contributed by atoms with Crippen LogP contribution in [-0.2, 0) is 6.42 Å². The molecule has 2 aromatic rings. The molecule has 0 radical (unpaired) electrons. The predicted molar refractivity (Wildman–Crippen MR) is 141 cm³/mol. The Hall–Kier alpha value is -1.29. The van der Waals surface area contributed by atoms with Crippen molar-refractivity contribution < 1.29 is 0 Å². The van der Waals surface area contributed by atoms with Crippen molar-refractivity contribution >= 4 is 47.4 Å². The maximum Gasteiger partial charge on any atom is 0.198 e. The van der Waals surface area contributed by atoms with E-state index in [0.29, 0.717) is 6.04 Å². The number of rotatable bonds is 7. The molecule has 31 heavy (non-hydrogen) atoms. The number of benzene rings is 1. The van der Waals surface area contributed by atoms with E-state index in [1.54, 1.807) is 11.8 Å². The number of piperidine rings is 1. The quantitative estimate of drug-likeness (QED) is 0.158. The highest BCUT2D eigenvalue weighted by Gasteiger charge is 2.23. The van der Waals surface area contributed by atoms with Crippen LogP contribution in [0.4, 0.5) is 5.69 Å². The molecule has 170 valence electrons. The zero-order valence-corrected chi connectivity index (χ0v) is 21.6. The van der Waals surface area contributed by atoms with E-state index in [4.69, 9.17) is 4.99 Å². The van der Waals surface area contributed by atoms with Crippen LogP contribution in [0.3, 0.4) is 0 Å². The van der Waals surface area contributed by atoms with Gasteiger partial charge in [-0.3, -0.25) is 4.99 Å². The van der Waals surface area contributed by atoms with Gasteiger partial charge in [0.1, 0.15) is 5.82 Å². The van der Waals surface area contributed by atoms with Crippen molar-refractivity contribution in [2.24, 2.45) is 4.99 Å². The molecule has 0 bridgehead atoms. The Morgan fingerprint density at radius 2 is 1.81 bits per heavy atom.